The fourth-order valence-corrected chi connectivity index (χ4v) is 2.76. The lowest BCUT2D eigenvalue weighted by molar-refractivity contribution is 0.0935. The van der Waals surface area contributed by atoms with Gasteiger partial charge in [-0.2, -0.15) is 10.4 Å². The molecule has 0 aliphatic heterocycles. The number of benzene rings is 1. The van der Waals surface area contributed by atoms with Crippen molar-refractivity contribution in [1.82, 2.24) is 20.2 Å². The van der Waals surface area contributed by atoms with E-state index in [4.69, 9.17) is 15.7 Å². The Hall–Kier alpha value is -3.51. The second-order valence-corrected chi connectivity index (χ2v) is 6.20. The Labute approximate surface area is 154 Å². The molecule has 1 aliphatic rings. The zero-order valence-corrected chi connectivity index (χ0v) is 14.2. The van der Waals surface area contributed by atoms with Gasteiger partial charge in [-0.1, -0.05) is 6.07 Å². The second-order valence-electron chi connectivity index (χ2n) is 6.20. The van der Waals surface area contributed by atoms with Crippen LogP contribution in [0.1, 0.15) is 18.5 Å². The summed E-state index contributed by atoms with van der Waals surface area (Å²) < 4.78 is 20.4. The summed E-state index contributed by atoms with van der Waals surface area (Å²) in [6, 6.07) is 8.18. The molecule has 0 amide bonds. The van der Waals surface area contributed by atoms with Crippen LogP contribution in [-0.2, 0) is 0 Å². The number of nitrogens with one attached hydrogen (secondary N) is 2. The van der Waals surface area contributed by atoms with Gasteiger partial charge >= 0.3 is 0 Å². The van der Waals surface area contributed by atoms with Crippen molar-refractivity contribution < 1.29 is 9.13 Å². The highest BCUT2D eigenvalue weighted by molar-refractivity contribution is 5.71. The van der Waals surface area contributed by atoms with E-state index >= 15 is 0 Å². The Morgan fingerprint density at radius 1 is 1.26 bits per heavy atom. The number of hydrogen-bond donors (Lipinski definition) is 3. The minimum absolute atomic E-state index is 0.0323. The van der Waals surface area contributed by atoms with E-state index in [1.807, 2.05) is 6.07 Å². The largest absolute Gasteiger partial charge is 0.488 e. The molecule has 0 radical (unpaired) electrons. The van der Waals surface area contributed by atoms with E-state index in [1.165, 1.54) is 18.5 Å². The predicted octanol–water partition coefficient (Wildman–Crippen LogP) is 2.49. The molecule has 9 heteroatoms. The molecule has 0 spiro atoms. The number of aromatic nitrogens is 4. The maximum atomic E-state index is 14.5. The summed E-state index contributed by atoms with van der Waals surface area (Å²) in [5, 5.41) is 18.6. The first-order chi connectivity index (χ1) is 13.1. The van der Waals surface area contributed by atoms with Crippen LogP contribution in [-0.4, -0.2) is 32.3 Å². The summed E-state index contributed by atoms with van der Waals surface area (Å²) in [7, 11) is 0. The van der Waals surface area contributed by atoms with Crippen molar-refractivity contribution in [3.8, 4) is 23.1 Å². The van der Waals surface area contributed by atoms with Crippen molar-refractivity contribution in [2.24, 2.45) is 5.73 Å². The van der Waals surface area contributed by atoms with Crippen LogP contribution in [0.25, 0.3) is 11.3 Å². The Morgan fingerprint density at radius 3 is 2.81 bits per heavy atom. The zero-order chi connectivity index (χ0) is 18.8. The molecule has 136 valence electrons. The normalized spacial score (nSPS) is 18.4. The van der Waals surface area contributed by atoms with Gasteiger partial charge in [-0.3, -0.25) is 5.10 Å². The molecule has 4 rings (SSSR count). The number of anilines is 2. The van der Waals surface area contributed by atoms with Crippen molar-refractivity contribution in [3.63, 3.8) is 0 Å². The highest BCUT2D eigenvalue weighted by Crippen LogP contribution is 2.35. The highest BCUT2D eigenvalue weighted by Gasteiger charge is 2.30. The molecule has 1 aromatic carbocycles. The number of nitriles is 1. The summed E-state index contributed by atoms with van der Waals surface area (Å²) >= 11 is 0. The summed E-state index contributed by atoms with van der Waals surface area (Å²) in [5.41, 5.74) is 6.89. The van der Waals surface area contributed by atoms with Crippen LogP contribution >= 0.6 is 0 Å². The summed E-state index contributed by atoms with van der Waals surface area (Å²) in [4.78, 5) is 7.99. The Bertz CT molecular complexity index is 996. The van der Waals surface area contributed by atoms with E-state index < -0.39 is 5.82 Å². The van der Waals surface area contributed by atoms with Crippen LogP contribution in [0, 0.1) is 17.1 Å². The summed E-state index contributed by atoms with van der Waals surface area (Å²) in [6.45, 7) is 0. The van der Waals surface area contributed by atoms with Gasteiger partial charge in [-0.25, -0.2) is 14.4 Å². The number of nitrogens with two attached hydrogens (primary N) is 1. The van der Waals surface area contributed by atoms with Crippen LogP contribution in [0.3, 0.4) is 0 Å². The van der Waals surface area contributed by atoms with Gasteiger partial charge in [0.1, 0.15) is 29.6 Å². The molecular weight excluding hydrogens is 349 g/mol. The quantitative estimate of drug-likeness (QED) is 0.634. The van der Waals surface area contributed by atoms with Crippen LogP contribution in [0.2, 0.25) is 0 Å². The van der Waals surface area contributed by atoms with E-state index in [0.717, 1.165) is 12.8 Å². The fraction of sp³-hybridized carbons (Fsp3) is 0.222. The molecule has 2 heterocycles. The van der Waals surface area contributed by atoms with Gasteiger partial charge in [-0.05, 0) is 25.0 Å². The van der Waals surface area contributed by atoms with E-state index in [-0.39, 0.29) is 17.8 Å². The number of H-pyrrole nitrogens is 1. The third kappa shape index (κ3) is 3.43. The fourth-order valence-electron chi connectivity index (χ4n) is 2.76. The minimum Gasteiger partial charge on any atom is -0.488 e. The topological polar surface area (TPSA) is 126 Å². The molecule has 4 N–H and O–H groups in total. The van der Waals surface area contributed by atoms with Gasteiger partial charge in [0.2, 0.25) is 0 Å². The Kier molecular flexibility index (Phi) is 4.40. The Balaban J connectivity index is 1.58. The highest BCUT2D eigenvalue weighted by atomic mass is 19.1. The molecule has 0 unspecified atom stereocenters. The van der Waals surface area contributed by atoms with Gasteiger partial charge in [0, 0.05) is 12.1 Å². The molecule has 1 fully saturated rings. The van der Waals surface area contributed by atoms with E-state index in [1.54, 1.807) is 18.2 Å². The number of hydrogen-bond acceptors (Lipinski definition) is 7. The van der Waals surface area contributed by atoms with Crippen molar-refractivity contribution in [1.29, 1.82) is 5.26 Å². The maximum Gasteiger partial charge on any atom is 0.158 e. The molecule has 1 saturated carbocycles. The van der Waals surface area contributed by atoms with Gasteiger partial charge in [0.15, 0.2) is 11.5 Å². The molecule has 3 aromatic rings. The van der Waals surface area contributed by atoms with Gasteiger partial charge in [-0.15, -0.1) is 0 Å². The van der Waals surface area contributed by atoms with Crippen molar-refractivity contribution in [2.45, 2.75) is 25.0 Å². The maximum absolute atomic E-state index is 14.5. The number of halogens is 1. The lowest BCUT2D eigenvalue weighted by Gasteiger charge is -2.34. The number of ether oxygens (including phenoxy) is 1. The average Bonchev–Trinajstić information content (AvgIpc) is 3.13. The zero-order valence-electron chi connectivity index (χ0n) is 14.2. The monoisotopic (exact) mass is 365 g/mol. The lowest BCUT2D eigenvalue weighted by Crippen LogP contribution is -2.47. The molecule has 2 aromatic heterocycles. The van der Waals surface area contributed by atoms with Crippen LogP contribution < -0.4 is 15.8 Å². The third-order valence-electron chi connectivity index (χ3n) is 4.39. The summed E-state index contributed by atoms with van der Waals surface area (Å²) in [6.07, 6.45) is 4.41. The molecule has 0 saturated heterocycles. The molecule has 8 nitrogen and oxygen atoms in total. The second kappa shape index (κ2) is 7.01. The first-order valence-corrected chi connectivity index (χ1v) is 8.40. The SMILES string of the molecule is N#Cc1cnc(Nc2cc(-c3c(F)cccc3O[C@H]3CC[C@@H]3N)[nH]n2)cn1. The predicted molar refractivity (Wildman–Crippen MR) is 95.6 cm³/mol. The standard InChI is InChI=1S/C18H16FN7O/c19-11-2-1-3-15(27-14-5-4-12(14)21)18(11)13-6-16(26-25-13)24-17-9-22-10(7-20)8-23-17/h1-3,6,8-9,12,14H,4-5,21H2,(H2,23,24,25,26)/t12-,14-/m0/s1. The molecular formula is C18H16FN7O. The van der Waals surface area contributed by atoms with Gasteiger partial charge in [0.05, 0.1) is 23.7 Å². The first kappa shape index (κ1) is 16.9. The number of rotatable bonds is 5. The number of nitrogens with zero attached hydrogens (tertiary/aromatic N) is 4. The van der Waals surface area contributed by atoms with Crippen molar-refractivity contribution in [2.75, 3.05) is 5.32 Å². The van der Waals surface area contributed by atoms with Crippen LogP contribution in [0.15, 0.2) is 36.7 Å². The molecule has 2 atom stereocenters. The minimum atomic E-state index is -0.422. The molecule has 27 heavy (non-hydrogen) atoms. The molecule has 1 aliphatic carbocycles. The van der Waals surface area contributed by atoms with Crippen LogP contribution in [0.4, 0.5) is 16.0 Å². The summed E-state index contributed by atoms with van der Waals surface area (Å²) in [5.74, 6) is 0.841. The van der Waals surface area contributed by atoms with E-state index in [9.17, 15) is 4.39 Å². The smallest absolute Gasteiger partial charge is 0.158 e. The van der Waals surface area contributed by atoms with Gasteiger partial charge < -0.3 is 15.8 Å². The Morgan fingerprint density at radius 2 is 2.15 bits per heavy atom. The van der Waals surface area contributed by atoms with Crippen LogP contribution in [0.5, 0.6) is 5.75 Å². The van der Waals surface area contributed by atoms with Crippen molar-refractivity contribution >= 4 is 11.6 Å². The van der Waals surface area contributed by atoms with Crippen molar-refractivity contribution in [3.05, 3.63) is 48.2 Å². The van der Waals surface area contributed by atoms with E-state index in [2.05, 4.69) is 25.5 Å². The average molecular weight is 365 g/mol. The number of aromatic amines is 1. The molecule has 0 bridgehead atoms. The first-order valence-electron chi connectivity index (χ1n) is 8.40. The van der Waals surface area contributed by atoms with E-state index in [0.29, 0.717) is 28.6 Å². The third-order valence-corrected chi connectivity index (χ3v) is 4.39. The van der Waals surface area contributed by atoms with Gasteiger partial charge in [0.25, 0.3) is 0 Å². The lowest BCUT2D eigenvalue weighted by atomic mass is 9.90.